The highest BCUT2D eigenvalue weighted by atomic mass is 32.2. The van der Waals surface area contributed by atoms with Gasteiger partial charge in [-0.3, -0.25) is 4.79 Å². The first-order valence-corrected chi connectivity index (χ1v) is 9.94. The Labute approximate surface area is 147 Å². The molecule has 0 bridgehead atoms. The molecule has 0 fully saturated rings. The molecular weight excluding hydrogens is 342 g/mol. The van der Waals surface area contributed by atoms with Crippen molar-refractivity contribution in [2.75, 3.05) is 5.75 Å². The molecule has 2 aromatic rings. The Hall–Kier alpha value is -2.22. The van der Waals surface area contributed by atoms with Gasteiger partial charge in [-0.15, -0.1) is 0 Å². The summed E-state index contributed by atoms with van der Waals surface area (Å²) in [5.74, 6) is -0.0663. The third kappa shape index (κ3) is 5.38. The summed E-state index contributed by atoms with van der Waals surface area (Å²) in [5, 5.41) is 0. The van der Waals surface area contributed by atoms with Gasteiger partial charge in [0.15, 0.2) is 9.84 Å². The van der Waals surface area contributed by atoms with E-state index in [0.717, 1.165) is 0 Å². The first-order valence-electron chi connectivity index (χ1n) is 8.12. The van der Waals surface area contributed by atoms with Crippen molar-refractivity contribution in [1.29, 1.82) is 0 Å². The number of sulfone groups is 1. The van der Waals surface area contributed by atoms with Gasteiger partial charge in [-0.05, 0) is 32.4 Å². The van der Waals surface area contributed by atoms with E-state index >= 15 is 0 Å². The van der Waals surface area contributed by atoms with Crippen LogP contribution in [0.25, 0.3) is 11.3 Å². The molecule has 8 heteroatoms. The third-order valence-corrected chi connectivity index (χ3v) is 5.13. The van der Waals surface area contributed by atoms with Crippen LogP contribution in [0.3, 0.4) is 0 Å². The lowest BCUT2D eigenvalue weighted by Gasteiger charge is -2.12. The smallest absolute Gasteiger partial charge is 0.317 e. The number of nitrogens with zero attached hydrogens (tertiary/aromatic N) is 3. The summed E-state index contributed by atoms with van der Waals surface area (Å²) in [6, 6.07) is 4.84. The van der Waals surface area contributed by atoms with Gasteiger partial charge in [0.1, 0.15) is 0 Å². The number of pyridine rings is 1. The van der Waals surface area contributed by atoms with Crippen LogP contribution in [-0.2, 0) is 22.6 Å². The molecule has 0 saturated carbocycles. The van der Waals surface area contributed by atoms with E-state index in [1.165, 1.54) is 10.6 Å². The van der Waals surface area contributed by atoms with Crippen molar-refractivity contribution in [2.45, 2.75) is 39.0 Å². The number of hydrogen-bond acceptors (Lipinski definition) is 6. The Morgan fingerprint density at radius 1 is 1.24 bits per heavy atom. The molecule has 0 atom stereocenters. The van der Waals surface area contributed by atoms with Gasteiger partial charge in [-0.25, -0.2) is 8.42 Å². The molecule has 7 nitrogen and oxygen atoms in total. The van der Waals surface area contributed by atoms with E-state index in [1.54, 1.807) is 25.4 Å². The molecule has 0 N–H and O–H groups in total. The average Bonchev–Trinajstić information content (AvgIpc) is 2.48. The second-order valence-corrected chi connectivity index (χ2v) is 8.34. The number of ether oxygens (including phenoxy) is 1. The molecule has 25 heavy (non-hydrogen) atoms. The summed E-state index contributed by atoms with van der Waals surface area (Å²) >= 11 is 0. The Morgan fingerprint density at radius 2 is 1.96 bits per heavy atom. The average molecular weight is 365 g/mol. The molecule has 2 aromatic heterocycles. The van der Waals surface area contributed by atoms with E-state index in [4.69, 9.17) is 4.74 Å². The molecule has 2 rings (SSSR count). The fourth-order valence-corrected chi connectivity index (χ4v) is 3.68. The summed E-state index contributed by atoms with van der Waals surface area (Å²) < 4.78 is 31.3. The van der Waals surface area contributed by atoms with Crippen molar-refractivity contribution in [1.82, 2.24) is 14.5 Å². The lowest BCUT2D eigenvalue weighted by molar-refractivity contribution is 0.222. The summed E-state index contributed by atoms with van der Waals surface area (Å²) in [4.78, 5) is 20.1. The summed E-state index contributed by atoms with van der Waals surface area (Å²) in [6.07, 6.45) is 2.06. The van der Waals surface area contributed by atoms with E-state index in [9.17, 15) is 13.2 Å². The Balaban J connectivity index is 2.49. The molecule has 0 radical (unpaired) electrons. The Morgan fingerprint density at radius 3 is 2.56 bits per heavy atom. The molecule has 0 unspecified atom stereocenters. The SMILES string of the molecule is CCCS(=O)(=O)Cc1cc(-c2ccc(=O)n(C)c2)nc(OC(C)C)n1. The zero-order valence-corrected chi connectivity index (χ0v) is 15.7. The molecule has 0 aliphatic rings. The zero-order chi connectivity index (χ0) is 18.6. The standard InChI is InChI=1S/C17H23N3O4S/c1-5-8-25(22,23)11-14-9-15(19-17(18-14)24-12(2)3)13-6-7-16(21)20(4)10-13/h6-7,9-10,12H,5,8,11H2,1-4H3. The molecule has 0 aliphatic heterocycles. The highest BCUT2D eigenvalue weighted by Crippen LogP contribution is 2.21. The number of hydrogen-bond donors (Lipinski definition) is 0. The van der Waals surface area contributed by atoms with Gasteiger partial charge in [-0.2, -0.15) is 9.97 Å². The second kappa shape index (κ2) is 7.77. The maximum absolute atomic E-state index is 12.1. The van der Waals surface area contributed by atoms with Gasteiger partial charge in [0.25, 0.3) is 0 Å². The van der Waals surface area contributed by atoms with Crippen LogP contribution < -0.4 is 10.3 Å². The highest BCUT2D eigenvalue weighted by molar-refractivity contribution is 7.90. The lowest BCUT2D eigenvalue weighted by Crippen LogP contribution is -2.15. The van der Waals surface area contributed by atoms with Gasteiger partial charge < -0.3 is 9.30 Å². The monoisotopic (exact) mass is 365 g/mol. The molecule has 0 aromatic carbocycles. The van der Waals surface area contributed by atoms with Crippen LogP contribution in [-0.4, -0.2) is 34.8 Å². The van der Waals surface area contributed by atoms with E-state index in [1.807, 2.05) is 20.8 Å². The van der Waals surface area contributed by atoms with E-state index in [0.29, 0.717) is 23.4 Å². The molecule has 0 aliphatic carbocycles. The van der Waals surface area contributed by atoms with E-state index in [2.05, 4.69) is 9.97 Å². The number of aryl methyl sites for hydroxylation is 1. The van der Waals surface area contributed by atoms with Gasteiger partial charge in [0.2, 0.25) is 5.56 Å². The lowest BCUT2D eigenvalue weighted by atomic mass is 10.2. The largest absolute Gasteiger partial charge is 0.461 e. The minimum Gasteiger partial charge on any atom is -0.461 e. The normalized spacial score (nSPS) is 11.7. The quantitative estimate of drug-likeness (QED) is 0.745. The van der Waals surface area contributed by atoms with Crippen LogP contribution in [0.1, 0.15) is 32.9 Å². The Bertz CT molecular complexity index is 904. The van der Waals surface area contributed by atoms with Gasteiger partial charge in [-0.1, -0.05) is 6.92 Å². The van der Waals surface area contributed by atoms with Crippen LogP contribution in [0.4, 0.5) is 0 Å². The maximum Gasteiger partial charge on any atom is 0.317 e. The van der Waals surface area contributed by atoms with Crippen molar-refractivity contribution >= 4 is 9.84 Å². The molecular formula is C17H23N3O4S. The van der Waals surface area contributed by atoms with Crippen LogP contribution in [0.5, 0.6) is 6.01 Å². The van der Waals surface area contributed by atoms with Crippen molar-refractivity contribution in [3.8, 4) is 17.3 Å². The van der Waals surface area contributed by atoms with Gasteiger partial charge in [0, 0.05) is 24.9 Å². The van der Waals surface area contributed by atoms with Crippen LogP contribution >= 0.6 is 0 Å². The van der Waals surface area contributed by atoms with Crippen LogP contribution in [0.2, 0.25) is 0 Å². The zero-order valence-electron chi connectivity index (χ0n) is 14.9. The molecule has 0 amide bonds. The molecule has 136 valence electrons. The molecule has 0 spiro atoms. The number of aromatic nitrogens is 3. The van der Waals surface area contributed by atoms with E-state index in [-0.39, 0.29) is 29.2 Å². The van der Waals surface area contributed by atoms with Crippen molar-refractivity contribution in [3.05, 3.63) is 40.4 Å². The van der Waals surface area contributed by atoms with Crippen LogP contribution in [0, 0.1) is 0 Å². The predicted octanol–water partition coefficient (Wildman–Crippen LogP) is 1.95. The summed E-state index contributed by atoms with van der Waals surface area (Å²) in [6.45, 7) is 5.51. The fourth-order valence-electron chi connectivity index (χ4n) is 2.31. The summed E-state index contributed by atoms with van der Waals surface area (Å²) in [5.41, 5.74) is 1.44. The first-order chi connectivity index (χ1) is 11.7. The van der Waals surface area contributed by atoms with Crippen LogP contribution in [0.15, 0.2) is 29.2 Å². The number of rotatable bonds is 7. The van der Waals surface area contributed by atoms with Gasteiger partial charge >= 0.3 is 6.01 Å². The van der Waals surface area contributed by atoms with Crippen molar-refractivity contribution in [2.24, 2.45) is 7.05 Å². The van der Waals surface area contributed by atoms with Crippen molar-refractivity contribution in [3.63, 3.8) is 0 Å². The predicted molar refractivity (Wildman–Crippen MR) is 96.3 cm³/mol. The van der Waals surface area contributed by atoms with Crippen molar-refractivity contribution < 1.29 is 13.2 Å². The maximum atomic E-state index is 12.1. The van der Waals surface area contributed by atoms with Gasteiger partial charge in [0.05, 0.1) is 29.0 Å². The highest BCUT2D eigenvalue weighted by Gasteiger charge is 2.16. The first kappa shape index (κ1) is 19.1. The molecule has 2 heterocycles. The molecule has 0 saturated heterocycles. The third-order valence-electron chi connectivity index (χ3n) is 3.36. The minimum absolute atomic E-state index is 0.104. The topological polar surface area (TPSA) is 91.2 Å². The fraction of sp³-hybridized carbons (Fsp3) is 0.471. The van der Waals surface area contributed by atoms with E-state index < -0.39 is 9.84 Å². The Kier molecular flexibility index (Phi) is 5.94. The minimum atomic E-state index is -3.24. The second-order valence-electron chi connectivity index (χ2n) is 6.15. The summed E-state index contributed by atoms with van der Waals surface area (Å²) in [7, 11) is -1.60.